The molecule has 0 aliphatic carbocycles. The minimum Gasteiger partial charge on any atom is -0.321 e. The van der Waals surface area contributed by atoms with Crippen molar-refractivity contribution in [2.24, 2.45) is 0 Å². The van der Waals surface area contributed by atoms with E-state index in [2.05, 4.69) is 35.4 Å². The smallest absolute Gasteiger partial charge is 0.265 e. The molecule has 0 atom stereocenters. The third-order valence-electron chi connectivity index (χ3n) is 4.37. The van der Waals surface area contributed by atoms with E-state index >= 15 is 0 Å². The minimum absolute atomic E-state index is 0.0753. The molecule has 0 aliphatic heterocycles. The lowest BCUT2D eigenvalue weighted by Crippen LogP contribution is -2.09. The van der Waals surface area contributed by atoms with Gasteiger partial charge in [0.2, 0.25) is 0 Å². The van der Waals surface area contributed by atoms with Crippen LogP contribution in [0, 0.1) is 0 Å². The van der Waals surface area contributed by atoms with Crippen LogP contribution >= 0.6 is 22.7 Å². The van der Waals surface area contributed by atoms with Gasteiger partial charge >= 0.3 is 0 Å². The molecule has 1 N–H and O–H groups in total. The number of aryl methyl sites for hydroxylation is 1. The first kappa shape index (κ1) is 17.9. The Bertz CT molecular complexity index is 1030. The molecule has 2 aromatic heterocycles. The molecule has 0 unspecified atom stereocenters. The number of rotatable bonds is 6. The van der Waals surface area contributed by atoms with E-state index in [9.17, 15) is 4.79 Å². The van der Waals surface area contributed by atoms with Gasteiger partial charge in [0.05, 0.1) is 20.0 Å². The van der Waals surface area contributed by atoms with Crippen molar-refractivity contribution < 1.29 is 4.79 Å². The summed E-state index contributed by atoms with van der Waals surface area (Å²) in [5.74, 6) is -0.0753. The number of amides is 1. The summed E-state index contributed by atoms with van der Waals surface area (Å²) in [6.45, 7) is 2.19. The fourth-order valence-electron chi connectivity index (χ4n) is 2.88. The number of hydrogen-bond acceptors (Lipinski definition) is 4. The molecule has 0 saturated carbocycles. The lowest BCUT2D eigenvalue weighted by molar-refractivity contribution is 0.103. The van der Waals surface area contributed by atoms with Crippen molar-refractivity contribution >= 4 is 44.5 Å². The van der Waals surface area contributed by atoms with E-state index in [4.69, 9.17) is 0 Å². The Labute approximate surface area is 166 Å². The number of aromatic nitrogens is 1. The van der Waals surface area contributed by atoms with Crippen LogP contribution in [0.1, 0.15) is 35.0 Å². The molecule has 3 nitrogen and oxygen atoms in total. The summed E-state index contributed by atoms with van der Waals surface area (Å²) >= 11 is 3.13. The van der Waals surface area contributed by atoms with Crippen molar-refractivity contribution in [3.05, 3.63) is 71.1 Å². The molecular weight excluding hydrogens is 372 g/mol. The highest BCUT2D eigenvalue weighted by molar-refractivity contribution is 7.26. The van der Waals surface area contributed by atoms with Gasteiger partial charge in [-0.25, -0.2) is 4.98 Å². The molecule has 27 heavy (non-hydrogen) atoms. The molecule has 0 fully saturated rings. The highest BCUT2D eigenvalue weighted by atomic mass is 32.1. The standard InChI is InChI=1S/C22H20N2OS2/c1-2-3-6-15-9-11-16(12-10-15)23-21(25)19-13-14-20(26-19)22-24-17-7-4-5-8-18(17)27-22/h4-5,7-14H,2-3,6H2,1H3,(H,23,25). The third-order valence-corrected chi connectivity index (χ3v) is 6.65. The number of fused-ring (bicyclic) bond motifs is 1. The van der Waals surface area contributed by atoms with Gasteiger partial charge in [-0.3, -0.25) is 4.79 Å². The van der Waals surface area contributed by atoms with Gasteiger partial charge in [0.1, 0.15) is 5.01 Å². The van der Waals surface area contributed by atoms with Crippen LogP contribution in [-0.4, -0.2) is 10.9 Å². The molecule has 2 aromatic carbocycles. The van der Waals surface area contributed by atoms with Crippen molar-refractivity contribution in [2.45, 2.75) is 26.2 Å². The lowest BCUT2D eigenvalue weighted by atomic mass is 10.1. The molecule has 0 bridgehead atoms. The maximum absolute atomic E-state index is 12.6. The number of nitrogens with zero attached hydrogens (tertiary/aromatic N) is 1. The predicted molar refractivity (Wildman–Crippen MR) is 116 cm³/mol. The summed E-state index contributed by atoms with van der Waals surface area (Å²) in [6, 6.07) is 20.1. The summed E-state index contributed by atoms with van der Waals surface area (Å²) in [5, 5.41) is 3.95. The SMILES string of the molecule is CCCCc1ccc(NC(=O)c2ccc(-c3nc4ccccc4s3)s2)cc1. The zero-order valence-corrected chi connectivity index (χ0v) is 16.7. The quantitative estimate of drug-likeness (QED) is 0.401. The number of thiophene rings is 1. The first-order chi connectivity index (χ1) is 13.2. The van der Waals surface area contributed by atoms with Crippen molar-refractivity contribution in [2.75, 3.05) is 5.32 Å². The van der Waals surface area contributed by atoms with Gasteiger partial charge in [-0.15, -0.1) is 22.7 Å². The largest absolute Gasteiger partial charge is 0.321 e. The van der Waals surface area contributed by atoms with Crippen molar-refractivity contribution in [3.8, 4) is 9.88 Å². The Balaban J connectivity index is 1.47. The van der Waals surface area contributed by atoms with Gasteiger partial charge in [0.15, 0.2) is 0 Å². The Hall–Kier alpha value is -2.50. The van der Waals surface area contributed by atoms with Crippen LogP contribution in [0.4, 0.5) is 5.69 Å². The van der Waals surface area contributed by atoms with Crippen LogP contribution in [0.15, 0.2) is 60.7 Å². The summed E-state index contributed by atoms with van der Waals surface area (Å²) < 4.78 is 1.16. The second kappa shape index (κ2) is 8.03. The number of carbonyl (C=O) groups is 1. The molecule has 2 heterocycles. The Morgan fingerprint density at radius 1 is 1.00 bits per heavy atom. The summed E-state index contributed by atoms with van der Waals surface area (Å²) in [6.07, 6.45) is 3.46. The molecule has 0 radical (unpaired) electrons. The number of thiazole rings is 1. The van der Waals surface area contributed by atoms with E-state index in [1.807, 2.05) is 42.5 Å². The maximum atomic E-state index is 12.6. The van der Waals surface area contributed by atoms with Gasteiger partial charge in [0.25, 0.3) is 5.91 Å². The van der Waals surface area contributed by atoms with Crippen LogP contribution in [0.3, 0.4) is 0 Å². The molecule has 136 valence electrons. The number of benzene rings is 2. The molecule has 0 aliphatic rings. The second-order valence-electron chi connectivity index (χ2n) is 6.41. The normalized spacial score (nSPS) is 11.0. The van der Waals surface area contributed by atoms with Crippen LogP contribution in [0.25, 0.3) is 20.1 Å². The average Bonchev–Trinajstić information content (AvgIpc) is 3.34. The second-order valence-corrected chi connectivity index (χ2v) is 8.52. The molecule has 5 heteroatoms. The first-order valence-corrected chi connectivity index (χ1v) is 10.7. The van der Waals surface area contributed by atoms with Crippen LogP contribution in [0.2, 0.25) is 0 Å². The van der Waals surface area contributed by atoms with Crippen molar-refractivity contribution in [3.63, 3.8) is 0 Å². The first-order valence-electron chi connectivity index (χ1n) is 9.09. The number of nitrogens with one attached hydrogen (secondary N) is 1. The number of carbonyl (C=O) groups excluding carboxylic acids is 1. The number of para-hydroxylation sites is 1. The average molecular weight is 393 g/mol. The third kappa shape index (κ3) is 4.10. The van der Waals surface area contributed by atoms with Gasteiger partial charge in [-0.2, -0.15) is 0 Å². The lowest BCUT2D eigenvalue weighted by Gasteiger charge is -2.05. The minimum atomic E-state index is -0.0753. The van der Waals surface area contributed by atoms with Crippen LogP contribution in [-0.2, 0) is 6.42 Å². The zero-order chi connectivity index (χ0) is 18.6. The fourth-order valence-corrected chi connectivity index (χ4v) is 4.80. The number of anilines is 1. The Kier molecular flexibility index (Phi) is 5.32. The molecule has 4 rings (SSSR count). The highest BCUT2D eigenvalue weighted by Crippen LogP contribution is 2.34. The van der Waals surface area contributed by atoms with E-state index in [0.29, 0.717) is 4.88 Å². The molecule has 1 amide bonds. The van der Waals surface area contributed by atoms with Gasteiger partial charge in [0, 0.05) is 5.69 Å². The molecule has 4 aromatic rings. The summed E-state index contributed by atoms with van der Waals surface area (Å²) in [7, 11) is 0. The van der Waals surface area contributed by atoms with Crippen LogP contribution < -0.4 is 5.32 Å². The van der Waals surface area contributed by atoms with E-state index < -0.39 is 0 Å². The topological polar surface area (TPSA) is 42.0 Å². The van der Waals surface area contributed by atoms with E-state index in [0.717, 1.165) is 32.2 Å². The van der Waals surface area contributed by atoms with Gasteiger partial charge in [-0.05, 0) is 54.8 Å². The maximum Gasteiger partial charge on any atom is 0.265 e. The summed E-state index contributed by atoms with van der Waals surface area (Å²) in [4.78, 5) is 19.0. The highest BCUT2D eigenvalue weighted by Gasteiger charge is 2.13. The molecule has 0 spiro atoms. The molecular formula is C22H20N2OS2. The van der Waals surface area contributed by atoms with Gasteiger partial charge < -0.3 is 5.32 Å². The van der Waals surface area contributed by atoms with Crippen LogP contribution in [0.5, 0.6) is 0 Å². The Morgan fingerprint density at radius 3 is 2.59 bits per heavy atom. The molecule has 0 saturated heterocycles. The predicted octanol–water partition coefficient (Wildman–Crippen LogP) is 6.62. The van der Waals surface area contributed by atoms with Crippen molar-refractivity contribution in [1.29, 1.82) is 0 Å². The van der Waals surface area contributed by atoms with Crippen molar-refractivity contribution in [1.82, 2.24) is 4.98 Å². The van der Waals surface area contributed by atoms with E-state index in [1.54, 1.807) is 11.3 Å². The summed E-state index contributed by atoms with van der Waals surface area (Å²) in [5.41, 5.74) is 3.14. The number of unbranched alkanes of at least 4 members (excludes halogenated alkanes) is 1. The fraction of sp³-hybridized carbons (Fsp3) is 0.182. The monoisotopic (exact) mass is 392 g/mol. The van der Waals surface area contributed by atoms with E-state index in [-0.39, 0.29) is 5.91 Å². The van der Waals surface area contributed by atoms with Gasteiger partial charge in [-0.1, -0.05) is 37.6 Å². The number of hydrogen-bond donors (Lipinski definition) is 1. The van der Waals surface area contributed by atoms with E-state index in [1.165, 1.54) is 29.7 Å². The Morgan fingerprint density at radius 2 is 1.81 bits per heavy atom. The zero-order valence-electron chi connectivity index (χ0n) is 15.1.